The Morgan fingerprint density at radius 3 is 1.93 bits per heavy atom. The Balaban J connectivity index is 2.00. The van der Waals surface area contributed by atoms with Gasteiger partial charge in [0.1, 0.15) is 0 Å². The van der Waals surface area contributed by atoms with Gasteiger partial charge in [0.15, 0.2) is 11.5 Å². The van der Waals surface area contributed by atoms with Gasteiger partial charge in [0.2, 0.25) is 11.8 Å². The Morgan fingerprint density at radius 2 is 1.41 bits per heavy atom. The standard InChI is InChI=1S/C21H26N2O4/c1-15(24)22(2)17-8-10-18(11-9-17)23(3)21(25)13-7-16-6-12-19(26-4)20(14-16)27-5/h6,8-12,14H,7,13H2,1-5H3. The molecule has 0 unspecified atom stereocenters. The normalized spacial score (nSPS) is 10.3. The highest BCUT2D eigenvalue weighted by atomic mass is 16.5. The molecule has 0 fully saturated rings. The lowest BCUT2D eigenvalue weighted by Gasteiger charge is -2.20. The predicted octanol–water partition coefficient (Wildman–Crippen LogP) is 3.28. The van der Waals surface area contributed by atoms with Gasteiger partial charge < -0.3 is 19.3 Å². The summed E-state index contributed by atoms with van der Waals surface area (Å²) in [6, 6.07) is 13.0. The second kappa shape index (κ2) is 9.07. The molecule has 0 saturated carbocycles. The first-order valence-corrected chi connectivity index (χ1v) is 8.69. The van der Waals surface area contributed by atoms with E-state index in [2.05, 4.69) is 0 Å². The molecular weight excluding hydrogens is 344 g/mol. The maximum atomic E-state index is 12.5. The van der Waals surface area contributed by atoms with Crippen LogP contribution in [0.25, 0.3) is 0 Å². The molecule has 27 heavy (non-hydrogen) atoms. The lowest BCUT2D eigenvalue weighted by molar-refractivity contribution is -0.118. The molecule has 0 aliphatic heterocycles. The van der Waals surface area contributed by atoms with E-state index in [0.717, 1.165) is 16.9 Å². The second-order valence-electron chi connectivity index (χ2n) is 6.24. The van der Waals surface area contributed by atoms with Crippen molar-refractivity contribution in [2.45, 2.75) is 19.8 Å². The zero-order chi connectivity index (χ0) is 20.0. The summed E-state index contributed by atoms with van der Waals surface area (Å²) in [5.74, 6) is 1.29. The molecule has 0 N–H and O–H groups in total. The fourth-order valence-electron chi connectivity index (χ4n) is 2.68. The third kappa shape index (κ3) is 5.00. The third-order valence-corrected chi connectivity index (χ3v) is 4.55. The average molecular weight is 370 g/mol. The van der Waals surface area contributed by atoms with Crippen LogP contribution < -0.4 is 19.3 Å². The molecule has 0 aliphatic carbocycles. The van der Waals surface area contributed by atoms with Gasteiger partial charge in [-0.3, -0.25) is 9.59 Å². The van der Waals surface area contributed by atoms with Crippen molar-refractivity contribution in [2.75, 3.05) is 38.1 Å². The van der Waals surface area contributed by atoms with Gasteiger partial charge in [-0.25, -0.2) is 0 Å². The molecule has 0 radical (unpaired) electrons. The number of hydrogen-bond acceptors (Lipinski definition) is 4. The van der Waals surface area contributed by atoms with Crippen LogP contribution in [0.15, 0.2) is 42.5 Å². The minimum atomic E-state index is -0.0397. The van der Waals surface area contributed by atoms with Crippen LogP contribution in [0.1, 0.15) is 18.9 Å². The van der Waals surface area contributed by atoms with Gasteiger partial charge in [-0.15, -0.1) is 0 Å². The number of nitrogens with zero attached hydrogens (tertiary/aromatic N) is 2. The third-order valence-electron chi connectivity index (χ3n) is 4.55. The minimum absolute atomic E-state index is 0.0115. The molecule has 0 saturated heterocycles. The summed E-state index contributed by atoms with van der Waals surface area (Å²) < 4.78 is 10.5. The van der Waals surface area contributed by atoms with Gasteiger partial charge in [-0.1, -0.05) is 6.07 Å². The molecule has 144 valence electrons. The monoisotopic (exact) mass is 370 g/mol. The first-order valence-electron chi connectivity index (χ1n) is 8.69. The van der Waals surface area contributed by atoms with E-state index in [-0.39, 0.29) is 11.8 Å². The van der Waals surface area contributed by atoms with Gasteiger partial charge in [0.05, 0.1) is 14.2 Å². The Morgan fingerprint density at radius 1 is 0.852 bits per heavy atom. The van der Waals surface area contributed by atoms with E-state index in [4.69, 9.17) is 9.47 Å². The van der Waals surface area contributed by atoms with Crippen molar-refractivity contribution in [3.63, 3.8) is 0 Å². The highest BCUT2D eigenvalue weighted by Gasteiger charge is 2.13. The summed E-state index contributed by atoms with van der Waals surface area (Å²) in [5.41, 5.74) is 2.58. The van der Waals surface area contributed by atoms with Gasteiger partial charge in [-0.2, -0.15) is 0 Å². The fraction of sp³-hybridized carbons (Fsp3) is 0.333. The molecule has 0 atom stereocenters. The molecule has 0 spiro atoms. The lowest BCUT2D eigenvalue weighted by Crippen LogP contribution is -2.27. The summed E-state index contributed by atoms with van der Waals surface area (Å²) >= 11 is 0. The van der Waals surface area contributed by atoms with Crippen LogP contribution in [0.5, 0.6) is 11.5 Å². The van der Waals surface area contributed by atoms with E-state index >= 15 is 0 Å². The largest absolute Gasteiger partial charge is 0.493 e. The molecule has 2 rings (SSSR count). The number of carbonyl (C=O) groups is 2. The molecule has 0 aromatic heterocycles. The van der Waals surface area contributed by atoms with Crippen molar-refractivity contribution in [1.29, 1.82) is 0 Å². The average Bonchev–Trinajstić information content (AvgIpc) is 2.70. The Hall–Kier alpha value is -3.02. The number of anilines is 2. The molecule has 0 heterocycles. The van der Waals surface area contributed by atoms with Gasteiger partial charge in [0.25, 0.3) is 0 Å². The maximum absolute atomic E-state index is 12.5. The summed E-state index contributed by atoms with van der Waals surface area (Å²) in [6.45, 7) is 1.51. The smallest absolute Gasteiger partial charge is 0.227 e. The molecule has 2 aromatic carbocycles. The zero-order valence-electron chi connectivity index (χ0n) is 16.5. The Bertz CT molecular complexity index is 802. The maximum Gasteiger partial charge on any atom is 0.227 e. The van der Waals surface area contributed by atoms with Crippen molar-refractivity contribution >= 4 is 23.2 Å². The number of hydrogen-bond donors (Lipinski definition) is 0. The van der Waals surface area contributed by atoms with E-state index in [1.54, 1.807) is 38.1 Å². The molecular formula is C21H26N2O4. The number of carbonyl (C=O) groups excluding carboxylic acids is 2. The van der Waals surface area contributed by atoms with E-state index in [1.165, 1.54) is 6.92 Å². The molecule has 0 aliphatic rings. The van der Waals surface area contributed by atoms with Crippen molar-refractivity contribution in [1.82, 2.24) is 0 Å². The van der Waals surface area contributed by atoms with Crippen molar-refractivity contribution in [2.24, 2.45) is 0 Å². The zero-order valence-corrected chi connectivity index (χ0v) is 16.5. The van der Waals surface area contributed by atoms with Crippen LogP contribution in [0.3, 0.4) is 0 Å². The van der Waals surface area contributed by atoms with Gasteiger partial charge >= 0.3 is 0 Å². The summed E-state index contributed by atoms with van der Waals surface area (Å²) in [5, 5.41) is 0. The lowest BCUT2D eigenvalue weighted by atomic mass is 10.1. The number of amides is 2. The van der Waals surface area contributed by atoms with Crippen molar-refractivity contribution < 1.29 is 19.1 Å². The SMILES string of the molecule is COc1ccc(CCC(=O)N(C)c2ccc(N(C)C(C)=O)cc2)cc1OC. The number of methoxy groups -OCH3 is 2. The Kier molecular flexibility index (Phi) is 6.82. The van der Waals surface area contributed by atoms with Gasteiger partial charge in [0, 0.05) is 38.8 Å². The van der Waals surface area contributed by atoms with E-state index < -0.39 is 0 Å². The number of rotatable bonds is 7. The topological polar surface area (TPSA) is 59.1 Å². The number of aryl methyl sites for hydroxylation is 1. The first kappa shape index (κ1) is 20.3. The molecule has 2 aromatic rings. The quantitative estimate of drug-likeness (QED) is 0.750. The van der Waals surface area contributed by atoms with E-state index in [0.29, 0.717) is 24.3 Å². The summed E-state index contributed by atoms with van der Waals surface area (Å²) in [7, 11) is 6.65. The predicted molar refractivity (Wildman–Crippen MR) is 107 cm³/mol. The number of benzene rings is 2. The van der Waals surface area contributed by atoms with E-state index in [9.17, 15) is 9.59 Å². The van der Waals surface area contributed by atoms with Crippen LogP contribution in [-0.2, 0) is 16.0 Å². The molecule has 6 heteroatoms. The molecule has 2 amide bonds. The summed E-state index contributed by atoms with van der Waals surface area (Å²) in [4.78, 5) is 27.1. The van der Waals surface area contributed by atoms with Crippen molar-refractivity contribution in [3.05, 3.63) is 48.0 Å². The highest BCUT2D eigenvalue weighted by Crippen LogP contribution is 2.28. The van der Waals surface area contributed by atoms with E-state index in [1.807, 2.05) is 42.5 Å². The molecule has 6 nitrogen and oxygen atoms in total. The molecule has 0 bridgehead atoms. The highest BCUT2D eigenvalue weighted by molar-refractivity contribution is 5.94. The van der Waals surface area contributed by atoms with Gasteiger partial charge in [-0.05, 0) is 48.4 Å². The van der Waals surface area contributed by atoms with Crippen LogP contribution in [-0.4, -0.2) is 40.1 Å². The van der Waals surface area contributed by atoms with Crippen LogP contribution >= 0.6 is 0 Å². The van der Waals surface area contributed by atoms with Crippen molar-refractivity contribution in [3.8, 4) is 11.5 Å². The fourth-order valence-corrected chi connectivity index (χ4v) is 2.68. The second-order valence-corrected chi connectivity index (χ2v) is 6.24. The Labute approximate surface area is 160 Å². The van der Waals surface area contributed by atoms with Crippen LogP contribution in [0.4, 0.5) is 11.4 Å². The van der Waals surface area contributed by atoms with Crippen LogP contribution in [0, 0.1) is 0 Å². The summed E-state index contributed by atoms with van der Waals surface area (Å²) in [6.07, 6.45) is 0.982. The van der Waals surface area contributed by atoms with Crippen LogP contribution in [0.2, 0.25) is 0 Å². The number of ether oxygens (including phenoxy) is 2. The minimum Gasteiger partial charge on any atom is -0.493 e. The first-order chi connectivity index (χ1) is 12.9.